The molecule has 0 amide bonds. The molecular weight excluding hydrogens is 587 g/mol. The summed E-state index contributed by atoms with van der Waals surface area (Å²) >= 11 is 0. The Hall–Kier alpha value is -2.19. The van der Waals surface area contributed by atoms with Gasteiger partial charge < -0.3 is 19.6 Å². The normalized spacial score (nSPS) is 16.1. The van der Waals surface area contributed by atoms with Gasteiger partial charge in [0.05, 0.1) is 0 Å². The fourth-order valence-electron chi connectivity index (χ4n) is 3.71. The van der Waals surface area contributed by atoms with E-state index in [0.29, 0.717) is 0 Å². The maximum absolute atomic E-state index is 3.36. The molecule has 2 aromatic carbocycles. The summed E-state index contributed by atoms with van der Waals surface area (Å²) in [6.07, 6.45) is 8.44. The summed E-state index contributed by atoms with van der Waals surface area (Å²) in [4.78, 5) is 8.71. The summed E-state index contributed by atoms with van der Waals surface area (Å²) in [5.74, 6) is 0. The smallest absolute Gasteiger partial charge is 0.507 e. The predicted octanol–water partition coefficient (Wildman–Crippen LogP) is 6.00. The Morgan fingerprint density at radius 2 is 1.06 bits per heavy atom. The molecule has 0 fully saturated rings. The first-order valence-corrected chi connectivity index (χ1v) is 11.3. The second-order valence-electron chi connectivity index (χ2n) is 10.5. The molecule has 0 saturated carbocycles. The molecule has 2 aliphatic rings. The van der Waals surface area contributed by atoms with Gasteiger partial charge in [-0.3, -0.25) is 0 Å². The largest absolute Gasteiger partial charge is 4.00 e. The predicted molar refractivity (Wildman–Crippen MR) is 133 cm³/mol. The van der Waals surface area contributed by atoms with Crippen LogP contribution in [0.3, 0.4) is 0 Å². The molecule has 0 unspecified atom stereocenters. The van der Waals surface area contributed by atoms with Crippen molar-refractivity contribution in [3.05, 3.63) is 97.8 Å². The fraction of sp³-hybridized carbons (Fsp3) is 0.357. The van der Waals surface area contributed by atoms with E-state index in [1.54, 1.807) is 0 Å². The number of anilines is 2. The van der Waals surface area contributed by atoms with Crippen molar-refractivity contribution in [3.63, 3.8) is 0 Å². The molecular formula is C28H34N4Pt. The first kappa shape index (κ1) is 25.4. The molecule has 4 nitrogen and oxygen atoms in total. The average molecular weight is 622 g/mol. The molecule has 2 aromatic rings. The van der Waals surface area contributed by atoms with Crippen molar-refractivity contribution < 1.29 is 21.1 Å². The van der Waals surface area contributed by atoms with Crippen LogP contribution in [0.2, 0.25) is 0 Å². The van der Waals surface area contributed by atoms with Gasteiger partial charge in [0.15, 0.2) is 0 Å². The quantitative estimate of drug-likeness (QED) is 0.380. The maximum Gasteiger partial charge on any atom is 4.00 e. The molecule has 5 heteroatoms. The van der Waals surface area contributed by atoms with Crippen LogP contribution in [0.4, 0.5) is 11.4 Å². The minimum atomic E-state index is 0. The molecule has 0 aliphatic carbocycles. The SMILES string of the molecule is CC(C)(C)c1cc[c-]c(N2C=CN(CCN3C=CN(c4[c-]ccc(C(C)(C)C)c4)[CH-]3)[CH-]2)c1.[Pt+4]. The molecule has 0 bridgehead atoms. The molecule has 0 radical (unpaired) electrons. The molecule has 0 aromatic heterocycles. The van der Waals surface area contributed by atoms with E-state index in [9.17, 15) is 0 Å². The van der Waals surface area contributed by atoms with Crippen molar-refractivity contribution in [2.75, 3.05) is 22.9 Å². The van der Waals surface area contributed by atoms with Crippen LogP contribution in [-0.4, -0.2) is 22.9 Å². The zero-order valence-electron chi connectivity index (χ0n) is 20.4. The Labute approximate surface area is 214 Å². The van der Waals surface area contributed by atoms with Crippen LogP contribution in [0, 0.1) is 25.5 Å². The maximum atomic E-state index is 3.36. The van der Waals surface area contributed by atoms with E-state index < -0.39 is 0 Å². The number of rotatable bonds is 5. The third-order valence-corrected chi connectivity index (χ3v) is 5.86. The number of hydrogen-bond donors (Lipinski definition) is 0. The summed E-state index contributed by atoms with van der Waals surface area (Å²) in [6, 6.07) is 19.5. The first-order valence-electron chi connectivity index (χ1n) is 11.3. The van der Waals surface area contributed by atoms with Gasteiger partial charge in [-0.15, -0.1) is 23.5 Å². The molecule has 0 N–H and O–H groups in total. The van der Waals surface area contributed by atoms with Gasteiger partial charge in [-0.05, 0) is 35.6 Å². The van der Waals surface area contributed by atoms with Gasteiger partial charge in [0.25, 0.3) is 0 Å². The molecule has 0 spiro atoms. The molecule has 0 saturated heterocycles. The molecule has 33 heavy (non-hydrogen) atoms. The Kier molecular flexibility index (Phi) is 7.68. The van der Waals surface area contributed by atoms with Crippen molar-refractivity contribution in [1.82, 2.24) is 9.80 Å². The average Bonchev–Trinajstić information content (AvgIpc) is 3.41. The number of nitrogens with zero attached hydrogens (tertiary/aromatic N) is 4. The third kappa shape index (κ3) is 6.23. The summed E-state index contributed by atoms with van der Waals surface area (Å²) in [7, 11) is 0. The van der Waals surface area contributed by atoms with E-state index in [0.717, 1.165) is 24.5 Å². The van der Waals surface area contributed by atoms with Gasteiger partial charge in [0, 0.05) is 13.1 Å². The second kappa shape index (κ2) is 9.97. The third-order valence-electron chi connectivity index (χ3n) is 5.86. The van der Waals surface area contributed by atoms with Gasteiger partial charge in [-0.1, -0.05) is 41.5 Å². The first-order chi connectivity index (χ1) is 15.1. The van der Waals surface area contributed by atoms with Crippen LogP contribution in [0.1, 0.15) is 52.7 Å². The summed E-state index contributed by atoms with van der Waals surface area (Å²) in [6.45, 7) is 19.5. The summed E-state index contributed by atoms with van der Waals surface area (Å²) < 4.78 is 0. The van der Waals surface area contributed by atoms with E-state index in [-0.39, 0.29) is 31.9 Å². The van der Waals surface area contributed by atoms with Crippen molar-refractivity contribution in [2.24, 2.45) is 0 Å². The Morgan fingerprint density at radius 3 is 1.42 bits per heavy atom. The van der Waals surface area contributed by atoms with Crippen LogP contribution in [0.25, 0.3) is 0 Å². The van der Waals surface area contributed by atoms with Crippen molar-refractivity contribution in [3.8, 4) is 0 Å². The van der Waals surface area contributed by atoms with Crippen LogP contribution >= 0.6 is 0 Å². The second-order valence-corrected chi connectivity index (χ2v) is 10.5. The van der Waals surface area contributed by atoms with Crippen molar-refractivity contribution >= 4 is 11.4 Å². The van der Waals surface area contributed by atoms with Crippen molar-refractivity contribution in [2.45, 2.75) is 52.4 Å². The van der Waals surface area contributed by atoms with Crippen LogP contribution in [0.15, 0.2) is 61.2 Å². The minimum absolute atomic E-state index is 0. The van der Waals surface area contributed by atoms with Gasteiger partial charge in [0.1, 0.15) is 0 Å². The summed E-state index contributed by atoms with van der Waals surface area (Å²) in [5.41, 5.74) is 5.03. The molecule has 4 rings (SSSR count). The van der Waals surface area contributed by atoms with Gasteiger partial charge >= 0.3 is 21.1 Å². The van der Waals surface area contributed by atoms with E-state index in [2.05, 4.69) is 136 Å². The van der Waals surface area contributed by atoms with Crippen LogP contribution in [-0.2, 0) is 31.9 Å². The molecule has 2 heterocycles. The van der Waals surface area contributed by atoms with Gasteiger partial charge in [-0.25, -0.2) is 0 Å². The Balaban J connectivity index is 0.00000306. The van der Waals surface area contributed by atoms with E-state index >= 15 is 0 Å². The Bertz CT molecular complexity index is 918. The van der Waals surface area contributed by atoms with E-state index in [4.69, 9.17) is 0 Å². The zero-order valence-corrected chi connectivity index (χ0v) is 22.7. The minimum Gasteiger partial charge on any atom is -0.507 e. The Morgan fingerprint density at radius 1 is 0.667 bits per heavy atom. The topological polar surface area (TPSA) is 13.0 Å². The van der Waals surface area contributed by atoms with Crippen LogP contribution < -0.4 is 9.80 Å². The van der Waals surface area contributed by atoms with Gasteiger partial charge in [0.2, 0.25) is 0 Å². The number of hydrogen-bond acceptors (Lipinski definition) is 4. The van der Waals surface area contributed by atoms with Gasteiger partial charge in [-0.2, -0.15) is 60.9 Å². The van der Waals surface area contributed by atoms with E-state index in [1.165, 1.54) is 11.1 Å². The molecule has 2 aliphatic heterocycles. The zero-order chi connectivity index (χ0) is 22.9. The van der Waals surface area contributed by atoms with Crippen molar-refractivity contribution in [1.29, 1.82) is 0 Å². The molecule has 176 valence electrons. The monoisotopic (exact) mass is 621 g/mol. The number of benzene rings is 2. The summed E-state index contributed by atoms with van der Waals surface area (Å²) in [5, 5.41) is 0. The molecule has 0 atom stereocenters. The fourth-order valence-corrected chi connectivity index (χ4v) is 3.71. The van der Waals surface area contributed by atoms with Crippen LogP contribution in [0.5, 0.6) is 0 Å². The van der Waals surface area contributed by atoms with E-state index in [1.807, 2.05) is 12.1 Å². The standard InChI is InChI=1S/C28H34N4.Pt/c1-27(2,3)23-9-7-11-25(19-23)31-17-15-29(21-31)13-14-30-16-18-32(22-30)26-12-8-10-24(20-26)28(4,5)6;/h7-10,15-22H,13-14H2,1-6H3;/q-4;+4.